The van der Waals surface area contributed by atoms with Crippen molar-refractivity contribution in [3.05, 3.63) is 24.3 Å². The van der Waals surface area contributed by atoms with Gasteiger partial charge in [0.25, 0.3) is 0 Å². The van der Waals surface area contributed by atoms with E-state index in [0.29, 0.717) is 18.7 Å². The Morgan fingerprint density at radius 1 is 1.29 bits per heavy atom. The lowest BCUT2D eigenvalue weighted by Gasteiger charge is -2.20. The van der Waals surface area contributed by atoms with Crippen molar-refractivity contribution in [2.45, 2.75) is 13.3 Å². The Kier molecular flexibility index (Phi) is 4.06. The molecule has 1 aliphatic rings. The molecule has 2 amide bonds. The van der Waals surface area contributed by atoms with Crippen molar-refractivity contribution in [2.75, 3.05) is 37.4 Å². The Labute approximate surface area is 124 Å². The highest BCUT2D eigenvalue weighted by Crippen LogP contribution is 2.30. The van der Waals surface area contributed by atoms with E-state index in [2.05, 4.69) is 5.32 Å². The molecular formula is C15H21N3O3. The molecule has 21 heavy (non-hydrogen) atoms. The van der Waals surface area contributed by atoms with Crippen LogP contribution in [0, 0.1) is 5.41 Å². The van der Waals surface area contributed by atoms with Crippen LogP contribution >= 0.6 is 0 Å². The highest BCUT2D eigenvalue weighted by Gasteiger charge is 2.42. The highest BCUT2D eigenvalue weighted by atomic mass is 16.4. The zero-order valence-electron chi connectivity index (χ0n) is 12.6. The summed E-state index contributed by atoms with van der Waals surface area (Å²) >= 11 is 0. The molecule has 1 aromatic rings. The van der Waals surface area contributed by atoms with E-state index in [9.17, 15) is 14.7 Å². The first-order valence-corrected chi connectivity index (χ1v) is 6.88. The van der Waals surface area contributed by atoms with Crippen molar-refractivity contribution in [3.63, 3.8) is 0 Å². The van der Waals surface area contributed by atoms with Gasteiger partial charge in [-0.3, -0.25) is 4.79 Å². The van der Waals surface area contributed by atoms with Crippen LogP contribution < -0.4 is 10.2 Å². The number of carbonyl (C=O) groups is 2. The van der Waals surface area contributed by atoms with Crippen molar-refractivity contribution in [1.29, 1.82) is 0 Å². The third kappa shape index (κ3) is 3.26. The Balaban J connectivity index is 1.98. The Morgan fingerprint density at radius 2 is 1.90 bits per heavy atom. The highest BCUT2D eigenvalue weighted by molar-refractivity contribution is 5.90. The van der Waals surface area contributed by atoms with Crippen LogP contribution in [0.2, 0.25) is 0 Å². The first-order valence-electron chi connectivity index (χ1n) is 6.88. The van der Waals surface area contributed by atoms with Gasteiger partial charge in [0.1, 0.15) is 0 Å². The van der Waals surface area contributed by atoms with Crippen LogP contribution in [0.3, 0.4) is 0 Å². The van der Waals surface area contributed by atoms with Crippen LogP contribution in [0.25, 0.3) is 0 Å². The number of hydrogen-bond acceptors (Lipinski definition) is 3. The van der Waals surface area contributed by atoms with Gasteiger partial charge in [-0.15, -0.1) is 0 Å². The van der Waals surface area contributed by atoms with Crippen molar-refractivity contribution >= 4 is 23.4 Å². The number of carbonyl (C=O) groups excluding carboxylic acids is 1. The normalized spacial score (nSPS) is 21.2. The maximum Gasteiger partial charge on any atom is 0.321 e. The molecule has 0 radical (unpaired) electrons. The number of aliphatic carboxylic acids is 1. The SMILES string of the molecule is CN(C)c1ccc(NC(=O)N2CCC(C)(C(=O)O)C2)cc1. The predicted molar refractivity (Wildman–Crippen MR) is 81.7 cm³/mol. The standard InChI is InChI=1S/C15H21N3O3/c1-15(13(19)20)8-9-18(10-15)14(21)16-11-4-6-12(7-5-11)17(2)3/h4-7H,8-10H2,1-3H3,(H,16,21)(H,19,20). The van der Waals surface area contributed by atoms with Gasteiger partial charge >= 0.3 is 12.0 Å². The van der Waals surface area contributed by atoms with Gasteiger partial charge in [-0.2, -0.15) is 0 Å². The second kappa shape index (κ2) is 5.63. The van der Waals surface area contributed by atoms with Crippen LogP contribution in [0.1, 0.15) is 13.3 Å². The number of hydrogen-bond donors (Lipinski definition) is 2. The molecule has 1 saturated heterocycles. The predicted octanol–water partition coefficient (Wildman–Crippen LogP) is 2.08. The first-order chi connectivity index (χ1) is 9.82. The molecule has 1 unspecified atom stereocenters. The fourth-order valence-electron chi connectivity index (χ4n) is 2.35. The minimum absolute atomic E-state index is 0.240. The number of amides is 2. The summed E-state index contributed by atoms with van der Waals surface area (Å²) in [5.41, 5.74) is 0.911. The van der Waals surface area contributed by atoms with E-state index in [1.807, 2.05) is 43.3 Å². The second-order valence-corrected chi connectivity index (χ2v) is 5.91. The minimum Gasteiger partial charge on any atom is -0.481 e. The molecule has 2 rings (SSSR count). The number of urea groups is 1. The van der Waals surface area contributed by atoms with Gasteiger partial charge in [-0.1, -0.05) is 0 Å². The molecule has 1 atom stereocenters. The lowest BCUT2D eigenvalue weighted by Crippen LogP contribution is -2.37. The lowest BCUT2D eigenvalue weighted by molar-refractivity contribution is -0.146. The largest absolute Gasteiger partial charge is 0.481 e. The summed E-state index contributed by atoms with van der Waals surface area (Å²) < 4.78 is 0. The van der Waals surface area contributed by atoms with Gasteiger partial charge in [0.2, 0.25) is 0 Å². The molecule has 0 aromatic heterocycles. The minimum atomic E-state index is -0.854. The third-order valence-corrected chi connectivity index (χ3v) is 3.91. The molecule has 1 aromatic carbocycles. The van der Waals surface area contributed by atoms with E-state index < -0.39 is 11.4 Å². The summed E-state index contributed by atoms with van der Waals surface area (Å²) in [5, 5.41) is 12.0. The molecule has 0 saturated carbocycles. The molecular weight excluding hydrogens is 270 g/mol. The molecule has 114 valence electrons. The number of nitrogens with zero attached hydrogens (tertiary/aromatic N) is 2. The number of carboxylic acid groups (broad SMARTS) is 1. The number of anilines is 2. The molecule has 2 N–H and O–H groups in total. The molecule has 6 heteroatoms. The summed E-state index contributed by atoms with van der Waals surface area (Å²) in [6.45, 7) is 2.38. The molecule has 0 aliphatic carbocycles. The number of rotatable bonds is 3. The smallest absolute Gasteiger partial charge is 0.321 e. The summed E-state index contributed by atoms with van der Waals surface area (Å²) in [7, 11) is 3.90. The van der Waals surface area contributed by atoms with Gasteiger partial charge in [0.15, 0.2) is 0 Å². The molecule has 6 nitrogen and oxygen atoms in total. The number of benzene rings is 1. The van der Waals surface area contributed by atoms with Crippen LogP contribution in [0.15, 0.2) is 24.3 Å². The number of likely N-dealkylation sites (tertiary alicyclic amines) is 1. The van der Waals surface area contributed by atoms with Crippen molar-refractivity contribution in [2.24, 2.45) is 5.41 Å². The van der Waals surface area contributed by atoms with Gasteiger partial charge in [0, 0.05) is 38.6 Å². The summed E-state index contributed by atoms with van der Waals surface area (Å²) in [5.74, 6) is -0.854. The average molecular weight is 291 g/mol. The van der Waals surface area contributed by atoms with E-state index in [0.717, 1.165) is 5.69 Å². The zero-order valence-corrected chi connectivity index (χ0v) is 12.6. The van der Waals surface area contributed by atoms with Crippen molar-refractivity contribution < 1.29 is 14.7 Å². The van der Waals surface area contributed by atoms with E-state index in [1.165, 1.54) is 0 Å². The Bertz CT molecular complexity index is 542. The van der Waals surface area contributed by atoms with Crippen molar-refractivity contribution in [1.82, 2.24) is 4.90 Å². The zero-order chi connectivity index (χ0) is 15.6. The second-order valence-electron chi connectivity index (χ2n) is 5.91. The maximum atomic E-state index is 12.2. The first kappa shape index (κ1) is 15.2. The van der Waals surface area contributed by atoms with E-state index in [4.69, 9.17) is 0 Å². The quantitative estimate of drug-likeness (QED) is 0.894. The molecule has 1 fully saturated rings. The molecule has 0 bridgehead atoms. The fourth-order valence-corrected chi connectivity index (χ4v) is 2.35. The maximum absolute atomic E-state index is 12.2. The number of nitrogens with one attached hydrogen (secondary N) is 1. The van der Waals surface area contributed by atoms with E-state index in [-0.39, 0.29) is 12.6 Å². The molecule has 0 spiro atoms. The van der Waals surface area contributed by atoms with Gasteiger partial charge in [-0.05, 0) is 37.6 Å². The third-order valence-electron chi connectivity index (χ3n) is 3.91. The Morgan fingerprint density at radius 3 is 2.38 bits per heavy atom. The van der Waals surface area contributed by atoms with Crippen LogP contribution in [0.4, 0.5) is 16.2 Å². The van der Waals surface area contributed by atoms with Crippen LogP contribution in [-0.4, -0.2) is 49.2 Å². The van der Waals surface area contributed by atoms with E-state index in [1.54, 1.807) is 11.8 Å². The lowest BCUT2D eigenvalue weighted by atomic mass is 9.90. The van der Waals surface area contributed by atoms with Crippen molar-refractivity contribution in [3.8, 4) is 0 Å². The van der Waals surface area contributed by atoms with Gasteiger partial charge < -0.3 is 20.2 Å². The number of carboxylic acids is 1. The van der Waals surface area contributed by atoms with Crippen LogP contribution in [0.5, 0.6) is 0 Å². The summed E-state index contributed by atoms with van der Waals surface area (Å²) in [4.78, 5) is 26.9. The summed E-state index contributed by atoms with van der Waals surface area (Å²) in [6, 6.07) is 7.25. The average Bonchev–Trinajstić information content (AvgIpc) is 2.83. The fraction of sp³-hybridized carbons (Fsp3) is 0.467. The monoisotopic (exact) mass is 291 g/mol. The van der Waals surface area contributed by atoms with Gasteiger partial charge in [0.05, 0.1) is 5.41 Å². The summed E-state index contributed by atoms with van der Waals surface area (Å²) in [6.07, 6.45) is 0.481. The van der Waals surface area contributed by atoms with E-state index >= 15 is 0 Å². The molecule has 1 aliphatic heterocycles. The van der Waals surface area contributed by atoms with Gasteiger partial charge in [-0.25, -0.2) is 4.79 Å². The molecule has 1 heterocycles. The Hall–Kier alpha value is -2.24. The van der Waals surface area contributed by atoms with Crippen LogP contribution in [-0.2, 0) is 4.79 Å². The topological polar surface area (TPSA) is 72.9 Å².